The molecule has 1 aliphatic heterocycles. The van der Waals surface area contributed by atoms with Gasteiger partial charge in [0.15, 0.2) is 0 Å². The number of sulfonamides is 1. The van der Waals surface area contributed by atoms with Gasteiger partial charge in [-0.25, -0.2) is 17.8 Å². The number of carbonyl (C=O) groups excluding carboxylic acids is 1. The summed E-state index contributed by atoms with van der Waals surface area (Å²) in [6.07, 6.45) is 1.35. The summed E-state index contributed by atoms with van der Waals surface area (Å²) in [5.74, 6) is -0.994. The molecule has 1 saturated heterocycles. The van der Waals surface area contributed by atoms with Gasteiger partial charge in [-0.15, -0.1) is 11.3 Å². The van der Waals surface area contributed by atoms with E-state index in [1.165, 1.54) is 31.4 Å². The summed E-state index contributed by atoms with van der Waals surface area (Å²) in [6, 6.07) is 4.91. The van der Waals surface area contributed by atoms with Gasteiger partial charge in [0.1, 0.15) is 17.2 Å². The van der Waals surface area contributed by atoms with E-state index >= 15 is 0 Å². The SMILES string of the molecule is O=C(Cn1cnc2sccc2c1=O)N1CCN(S(=O)(=O)c2ccc(F)c(Cl)c2)CC1. The van der Waals surface area contributed by atoms with Crippen molar-refractivity contribution in [1.82, 2.24) is 18.8 Å². The van der Waals surface area contributed by atoms with Crippen LogP contribution in [0, 0.1) is 5.82 Å². The van der Waals surface area contributed by atoms with Crippen LogP contribution in [-0.4, -0.2) is 59.3 Å². The predicted molar refractivity (Wildman–Crippen MR) is 111 cm³/mol. The van der Waals surface area contributed by atoms with E-state index in [9.17, 15) is 22.4 Å². The molecule has 1 fully saturated rings. The number of hydrogen-bond donors (Lipinski definition) is 0. The lowest BCUT2D eigenvalue weighted by molar-refractivity contribution is -0.133. The molecule has 30 heavy (non-hydrogen) atoms. The van der Waals surface area contributed by atoms with E-state index in [1.54, 1.807) is 11.4 Å². The molecule has 1 aliphatic rings. The molecule has 158 valence electrons. The highest BCUT2D eigenvalue weighted by Gasteiger charge is 2.30. The van der Waals surface area contributed by atoms with Crippen LogP contribution in [0.2, 0.25) is 5.02 Å². The zero-order valence-electron chi connectivity index (χ0n) is 15.5. The van der Waals surface area contributed by atoms with Crippen molar-refractivity contribution in [3.63, 3.8) is 0 Å². The van der Waals surface area contributed by atoms with E-state index < -0.39 is 15.8 Å². The lowest BCUT2D eigenvalue weighted by atomic mass is 10.3. The molecule has 0 unspecified atom stereocenters. The van der Waals surface area contributed by atoms with E-state index in [1.807, 2.05) is 0 Å². The molecule has 1 amide bonds. The molecule has 12 heteroatoms. The third-order valence-corrected chi connectivity index (χ3v) is 7.88. The van der Waals surface area contributed by atoms with E-state index in [4.69, 9.17) is 11.6 Å². The number of carbonyl (C=O) groups is 1. The van der Waals surface area contributed by atoms with E-state index in [-0.39, 0.29) is 54.1 Å². The average Bonchev–Trinajstić information content (AvgIpc) is 3.22. The fourth-order valence-electron chi connectivity index (χ4n) is 3.22. The highest BCUT2D eigenvalue weighted by molar-refractivity contribution is 7.89. The Labute approximate surface area is 180 Å². The van der Waals surface area contributed by atoms with Crippen molar-refractivity contribution < 1.29 is 17.6 Å². The molecule has 0 N–H and O–H groups in total. The van der Waals surface area contributed by atoms with Crippen LogP contribution in [0.4, 0.5) is 4.39 Å². The van der Waals surface area contributed by atoms with Gasteiger partial charge in [0.05, 0.1) is 21.6 Å². The van der Waals surface area contributed by atoms with Crippen LogP contribution in [0.15, 0.2) is 45.7 Å². The van der Waals surface area contributed by atoms with Gasteiger partial charge in [-0.1, -0.05) is 11.6 Å². The third kappa shape index (κ3) is 3.85. The maximum absolute atomic E-state index is 13.3. The molecule has 8 nitrogen and oxygen atoms in total. The smallest absolute Gasteiger partial charge is 0.262 e. The second-order valence-corrected chi connectivity index (χ2v) is 9.92. The minimum atomic E-state index is -3.85. The maximum Gasteiger partial charge on any atom is 0.262 e. The normalized spacial score (nSPS) is 15.6. The van der Waals surface area contributed by atoms with E-state index in [0.717, 1.165) is 18.2 Å². The van der Waals surface area contributed by atoms with Crippen molar-refractivity contribution in [3.8, 4) is 0 Å². The summed E-state index contributed by atoms with van der Waals surface area (Å²) in [6.45, 7) is 0.350. The van der Waals surface area contributed by atoms with Gasteiger partial charge in [0, 0.05) is 26.2 Å². The number of halogens is 2. The van der Waals surface area contributed by atoms with Crippen molar-refractivity contribution >= 4 is 49.1 Å². The molecule has 1 aromatic carbocycles. The minimum Gasteiger partial charge on any atom is -0.338 e. The lowest BCUT2D eigenvalue weighted by Gasteiger charge is -2.34. The molecule has 4 rings (SSSR count). The Kier molecular flexibility index (Phi) is 5.62. The minimum absolute atomic E-state index is 0.0831. The first kappa shape index (κ1) is 20.9. The quantitative estimate of drug-likeness (QED) is 0.579. The van der Waals surface area contributed by atoms with Crippen LogP contribution in [0.25, 0.3) is 10.2 Å². The first-order chi connectivity index (χ1) is 14.3. The summed E-state index contributed by atoms with van der Waals surface area (Å²) in [7, 11) is -3.85. The van der Waals surface area contributed by atoms with Gasteiger partial charge in [-0.05, 0) is 29.6 Å². The van der Waals surface area contributed by atoms with Crippen LogP contribution in [0.1, 0.15) is 0 Å². The molecule has 0 bridgehead atoms. The summed E-state index contributed by atoms with van der Waals surface area (Å²) < 4.78 is 41.3. The molecular weight excluding hydrogens is 455 g/mol. The number of hydrogen-bond acceptors (Lipinski definition) is 6. The number of fused-ring (bicyclic) bond motifs is 1. The van der Waals surface area contributed by atoms with Crippen LogP contribution in [-0.2, 0) is 21.4 Å². The number of piperazine rings is 1. The van der Waals surface area contributed by atoms with Crippen molar-refractivity contribution in [2.75, 3.05) is 26.2 Å². The highest BCUT2D eigenvalue weighted by atomic mass is 35.5. The summed E-state index contributed by atoms with van der Waals surface area (Å²) >= 11 is 7.05. The predicted octanol–water partition coefficient (Wildman–Crippen LogP) is 1.78. The van der Waals surface area contributed by atoms with Crippen molar-refractivity contribution in [2.45, 2.75) is 11.4 Å². The number of amides is 1. The number of thiophene rings is 1. The summed E-state index contributed by atoms with van der Waals surface area (Å²) in [5.41, 5.74) is -0.288. The molecule has 0 radical (unpaired) electrons. The zero-order chi connectivity index (χ0) is 21.5. The Hall–Kier alpha value is -2.34. The van der Waals surface area contributed by atoms with Gasteiger partial charge in [0.25, 0.3) is 5.56 Å². The largest absolute Gasteiger partial charge is 0.338 e. The van der Waals surface area contributed by atoms with Crippen LogP contribution in [0.5, 0.6) is 0 Å². The number of rotatable bonds is 4. The topological polar surface area (TPSA) is 92.6 Å². The van der Waals surface area contributed by atoms with Gasteiger partial charge < -0.3 is 4.90 Å². The van der Waals surface area contributed by atoms with Crippen LogP contribution < -0.4 is 5.56 Å². The first-order valence-electron chi connectivity index (χ1n) is 8.93. The lowest BCUT2D eigenvalue weighted by Crippen LogP contribution is -2.51. The second-order valence-electron chi connectivity index (χ2n) is 6.68. The fraction of sp³-hybridized carbons (Fsp3) is 0.278. The molecule has 0 aliphatic carbocycles. The summed E-state index contributed by atoms with van der Waals surface area (Å²) in [5, 5.41) is 1.95. The van der Waals surface area contributed by atoms with Gasteiger partial charge in [-0.2, -0.15) is 4.31 Å². The number of nitrogens with zero attached hydrogens (tertiary/aromatic N) is 4. The third-order valence-electron chi connectivity index (χ3n) is 4.88. The number of aromatic nitrogens is 2. The Morgan fingerprint density at radius 2 is 1.93 bits per heavy atom. The Balaban J connectivity index is 1.43. The second kappa shape index (κ2) is 8.06. The van der Waals surface area contributed by atoms with Crippen molar-refractivity contribution in [3.05, 3.63) is 57.2 Å². The van der Waals surface area contributed by atoms with E-state index in [2.05, 4.69) is 4.98 Å². The van der Waals surface area contributed by atoms with Crippen molar-refractivity contribution in [2.24, 2.45) is 0 Å². The van der Waals surface area contributed by atoms with Crippen molar-refractivity contribution in [1.29, 1.82) is 0 Å². The average molecular weight is 471 g/mol. The Morgan fingerprint density at radius 3 is 2.63 bits per heavy atom. The van der Waals surface area contributed by atoms with E-state index in [0.29, 0.717) is 10.2 Å². The maximum atomic E-state index is 13.3. The van der Waals surface area contributed by atoms with Gasteiger partial charge >= 0.3 is 0 Å². The Bertz CT molecular complexity index is 1280. The monoisotopic (exact) mass is 470 g/mol. The van der Waals surface area contributed by atoms with Crippen LogP contribution >= 0.6 is 22.9 Å². The molecule has 3 aromatic rings. The molecule has 2 aromatic heterocycles. The molecule has 0 saturated carbocycles. The molecule has 0 atom stereocenters. The fourth-order valence-corrected chi connectivity index (χ4v) is 5.63. The standard InChI is InChI=1S/C18H16ClFN4O4S2/c19-14-9-12(1-2-15(14)20)30(27,28)24-6-4-22(5-7-24)16(25)10-23-11-21-17-13(18(23)26)3-8-29-17/h1-3,8-9,11H,4-7,10H2. The Morgan fingerprint density at radius 1 is 1.20 bits per heavy atom. The molecular formula is C18H16ClFN4O4S2. The first-order valence-corrected chi connectivity index (χ1v) is 11.6. The van der Waals surface area contributed by atoms with Gasteiger partial charge in [0.2, 0.25) is 15.9 Å². The summed E-state index contributed by atoms with van der Waals surface area (Å²) in [4.78, 5) is 31.2. The molecule has 0 spiro atoms. The van der Waals surface area contributed by atoms with Gasteiger partial charge in [-0.3, -0.25) is 14.2 Å². The van der Waals surface area contributed by atoms with Crippen LogP contribution in [0.3, 0.4) is 0 Å². The molecule has 3 heterocycles. The number of benzene rings is 1. The zero-order valence-corrected chi connectivity index (χ0v) is 17.9. The highest BCUT2D eigenvalue weighted by Crippen LogP contribution is 2.23.